The number of hydrogen-bond donors (Lipinski definition) is 1. The maximum atomic E-state index is 9.75. The Bertz CT molecular complexity index is 154. The molecule has 3 atom stereocenters. The van der Waals surface area contributed by atoms with E-state index >= 15 is 0 Å². The van der Waals surface area contributed by atoms with Crippen molar-refractivity contribution < 1.29 is 6.48 Å². The monoisotopic (exact) mass is 157 g/mol. The molecule has 1 heteroatoms. The Morgan fingerprint density at radius 3 is 2.55 bits per heavy atom. The molecule has 0 aliphatic heterocycles. The van der Waals surface area contributed by atoms with Gasteiger partial charge in [0.15, 0.2) is 0 Å². The number of hydrogen-bond acceptors (Lipinski definition) is 1. The van der Waals surface area contributed by atoms with Gasteiger partial charge in [-0.3, -0.25) is 0 Å². The van der Waals surface area contributed by atoms with Crippen molar-refractivity contribution in [1.29, 1.82) is 0 Å². The second-order valence-electron chi connectivity index (χ2n) is 4.18. The summed E-state index contributed by atoms with van der Waals surface area (Å²) in [4.78, 5) is 0. The Hall–Kier alpha value is -0.0400. The topological polar surface area (TPSA) is 20.2 Å². The van der Waals surface area contributed by atoms with E-state index in [1.54, 1.807) is 0 Å². The standard InChI is InChI=1S/C10H20O/c1-7(2)9-5-4-8(3)6-10(9)11/h7-11H,4-6H2,1-3H3/i8D. The molecule has 1 saturated carbocycles. The number of aliphatic hydroxyl groups excluding tert-OH is 1. The van der Waals surface area contributed by atoms with Crippen LogP contribution < -0.4 is 0 Å². The molecule has 0 saturated heterocycles. The van der Waals surface area contributed by atoms with Gasteiger partial charge in [-0.1, -0.05) is 27.2 Å². The zero-order valence-corrected chi connectivity index (χ0v) is 7.80. The van der Waals surface area contributed by atoms with Crippen molar-refractivity contribution >= 4 is 0 Å². The summed E-state index contributed by atoms with van der Waals surface area (Å²) in [5, 5.41) is 9.75. The maximum Gasteiger partial charge on any atom is 0.0573 e. The van der Waals surface area contributed by atoms with Gasteiger partial charge >= 0.3 is 0 Å². The molecule has 1 nitrogen and oxygen atoms in total. The van der Waals surface area contributed by atoms with Gasteiger partial charge in [0.25, 0.3) is 0 Å². The lowest BCUT2D eigenvalue weighted by molar-refractivity contribution is 0.0266. The average molecular weight is 157 g/mol. The Morgan fingerprint density at radius 2 is 2.09 bits per heavy atom. The van der Waals surface area contributed by atoms with Crippen LogP contribution in [0.25, 0.3) is 0 Å². The van der Waals surface area contributed by atoms with E-state index in [1.165, 1.54) is 0 Å². The van der Waals surface area contributed by atoms with E-state index in [9.17, 15) is 5.11 Å². The molecule has 3 unspecified atom stereocenters. The highest BCUT2D eigenvalue weighted by molar-refractivity contribution is 4.79. The quantitative estimate of drug-likeness (QED) is 0.620. The van der Waals surface area contributed by atoms with Crippen LogP contribution in [-0.2, 0) is 0 Å². The first-order valence-corrected chi connectivity index (χ1v) is 4.60. The molecular weight excluding hydrogens is 136 g/mol. The summed E-state index contributed by atoms with van der Waals surface area (Å²) in [5.41, 5.74) is 0. The van der Waals surface area contributed by atoms with Crippen LogP contribution in [0.5, 0.6) is 0 Å². The fraction of sp³-hybridized carbons (Fsp3) is 1.00. The van der Waals surface area contributed by atoms with Gasteiger partial charge in [-0.15, -0.1) is 0 Å². The molecule has 0 radical (unpaired) electrons. The average Bonchev–Trinajstić information content (AvgIpc) is 1.83. The first-order valence-electron chi connectivity index (χ1n) is 5.10. The van der Waals surface area contributed by atoms with Crippen LogP contribution in [0, 0.1) is 17.7 Å². The zero-order valence-electron chi connectivity index (χ0n) is 8.80. The highest BCUT2D eigenvalue weighted by atomic mass is 16.3. The van der Waals surface area contributed by atoms with E-state index in [0.29, 0.717) is 18.3 Å². The predicted molar refractivity (Wildman–Crippen MR) is 47.3 cm³/mol. The summed E-state index contributed by atoms with van der Waals surface area (Å²) in [6.07, 6.45) is 2.35. The molecule has 1 rings (SSSR count). The summed E-state index contributed by atoms with van der Waals surface area (Å²) in [7, 11) is 0. The molecule has 0 aromatic heterocycles. The van der Waals surface area contributed by atoms with Crippen molar-refractivity contribution in [3.05, 3.63) is 0 Å². The smallest absolute Gasteiger partial charge is 0.0573 e. The van der Waals surface area contributed by atoms with Crippen LogP contribution in [0.1, 0.15) is 41.4 Å². The molecule has 0 amide bonds. The fourth-order valence-corrected chi connectivity index (χ4v) is 1.99. The molecule has 1 aliphatic carbocycles. The van der Waals surface area contributed by atoms with Gasteiger partial charge < -0.3 is 5.11 Å². The fourth-order valence-electron chi connectivity index (χ4n) is 1.99. The minimum atomic E-state index is -0.384. The third kappa shape index (κ3) is 2.19. The van der Waals surface area contributed by atoms with Gasteiger partial charge in [0.05, 0.1) is 6.10 Å². The summed E-state index contributed by atoms with van der Waals surface area (Å²) >= 11 is 0. The van der Waals surface area contributed by atoms with Crippen LogP contribution in [0.4, 0.5) is 0 Å². The Balaban J connectivity index is 2.54. The van der Waals surface area contributed by atoms with Gasteiger partial charge in [-0.05, 0) is 30.6 Å². The van der Waals surface area contributed by atoms with E-state index in [4.69, 9.17) is 1.37 Å². The zero-order chi connectivity index (χ0) is 9.35. The van der Waals surface area contributed by atoms with Gasteiger partial charge in [0.2, 0.25) is 0 Å². The number of aliphatic hydroxyl groups is 1. The normalized spacial score (nSPS) is 47.5. The molecule has 66 valence electrons. The Morgan fingerprint density at radius 1 is 1.45 bits per heavy atom. The van der Waals surface area contributed by atoms with Gasteiger partial charge in [0, 0.05) is 1.37 Å². The van der Waals surface area contributed by atoms with Gasteiger partial charge in [0.1, 0.15) is 0 Å². The van der Waals surface area contributed by atoms with Crippen LogP contribution in [0.15, 0.2) is 0 Å². The maximum absolute atomic E-state index is 9.75. The predicted octanol–water partition coefficient (Wildman–Crippen LogP) is 2.44. The molecule has 0 spiro atoms. The van der Waals surface area contributed by atoms with Crippen molar-refractivity contribution in [3.63, 3.8) is 0 Å². The molecule has 1 N–H and O–H groups in total. The minimum absolute atomic E-state index is 0.249. The molecule has 11 heavy (non-hydrogen) atoms. The summed E-state index contributed by atoms with van der Waals surface area (Å²) in [6, 6.07) is 0. The van der Waals surface area contributed by atoms with E-state index in [2.05, 4.69) is 13.8 Å². The van der Waals surface area contributed by atoms with Crippen LogP contribution in [-0.4, -0.2) is 11.2 Å². The Labute approximate surface area is 71.2 Å². The number of rotatable bonds is 1. The van der Waals surface area contributed by atoms with Crippen molar-refractivity contribution in [1.82, 2.24) is 0 Å². The molecular formula is C10H20O. The van der Waals surface area contributed by atoms with Crippen LogP contribution in [0.2, 0.25) is 0 Å². The molecule has 1 fully saturated rings. The van der Waals surface area contributed by atoms with E-state index in [1.807, 2.05) is 6.92 Å². The van der Waals surface area contributed by atoms with Gasteiger partial charge in [-0.2, -0.15) is 0 Å². The SMILES string of the molecule is [2H]C1(C)CCC(C(C)C)C(O)C1. The molecule has 0 aromatic rings. The summed E-state index contributed by atoms with van der Waals surface area (Å²) < 4.78 is 7.83. The van der Waals surface area contributed by atoms with Crippen molar-refractivity contribution in [2.45, 2.75) is 46.1 Å². The highest BCUT2D eigenvalue weighted by Gasteiger charge is 2.28. The summed E-state index contributed by atoms with van der Waals surface area (Å²) in [6.45, 7) is 6.23. The first-order chi connectivity index (χ1) is 5.42. The highest BCUT2D eigenvalue weighted by Crippen LogP contribution is 2.33. The minimum Gasteiger partial charge on any atom is -0.393 e. The van der Waals surface area contributed by atoms with E-state index in [-0.39, 0.29) is 12.0 Å². The van der Waals surface area contributed by atoms with E-state index < -0.39 is 0 Å². The third-order valence-corrected chi connectivity index (χ3v) is 2.81. The second kappa shape index (κ2) is 3.57. The van der Waals surface area contributed by atoms with Crippen molar-refractivity contribution in [2.24, 2.45) is 17.7 Å². The molecule has 0 aromatic carbocycles. The van der Waals surface area contributed by atoms with Gasteiger partial charge in [-0.25, -0.2) is 0 Å². The molecule has 1 aliphatic rings. The van der Waals surface area contributed by atoms with E-state index in [0.717, 1.165) is 12.8 Å². The van der Waals surface area contributed by atoms with Crippen molar-refractivity contribution in [3.8, 4) is 0 Å². The third-order valence-electron chi connectivity index (χ3n) is 2.81. The van der Waals surface area contributed by atoms with Crippen molar-refractivity contribution in [2.75, 3.05) is 0 Å². The first kappa shape index (κ1) is 7.60. The second-order valence-corrected chi connectivity index (χ2v) is 4.18. The lowest BCUT2D eigenvalue weighted by atomic mass is 9.75. The largest absolute Gasteiger partial charge is 0.393 e. The lowest BCUT2D eigenvalue weighted by Crippen LogP contribution is -2.31. The Kier molecular flexibility index (Phi) is 2.47. The van der Waals surface area contributed by atoms with Crippen LogP contribution in [0.3, 0.4) is 0 Å². The molecule has 0 heterocycles. The van der Waals surface area contributed by atoms with Crippen LogP contribution >= 0.6 is 0 Å². The molecule has 0 bridgehead atoms. The lowest BCUT2D eigenvalue weighted by Gasteiger charge is -2.33. The summed E-state index contributed by atoms with van der Waals surface area (Å²) in [5.74, 6) is 0.588.